The van der Waals surface area contributed by atoms with E-state index in [-0.39, 0.29) is 65.0 Å². The highest BCUT2D eigenvalue weighted by molar-refractivity contribution is 7.94. The first kappa shape index (κ1) is 95.3. The predicted octanol–water partition coefficient (Wildman–Crippen LogP) is 19.3. The first-order valence-electron chi connectivity index (χ1n) is 41.7. The fraction of sp³-hybridized carbons (Fsp3) is 0.185. The first-order chi connectivity index (χ1) is 64.0. The van der Waals surface area contributed by atoms with Crippen LogP contribution in [0.5, 0.6) is 0 Å². The number of sulfonamides is 7. The van der Waals surface area contributed by atoms with Gasteiger partial charge in [-0.05, 0) is 252 Å². The summed E-state index contributed by atoms with van der Waals surface area (Å²) >= 11 is 31.9. The second-order valence-electron chi connectivity index (χ2n) is 31.4. The van der Waals surface area contributed by atoms with E-state index in [1.165, 1.54) is 84.0 Å². The minimum atomic E-state index is -4.09. The van der Waals surface area contributed by atoms with Crippen LogP contribution in [0.3, 0.4) is 0 Å². The number of aryl methyl sites for hydroxylation is 1. The summed E-state index contributed by atoms with van der Waals surface area (Å²) in [5.74, 6) is 0.470. The second-order valence-corrected chi connectivity index (χ2v) is 46.5. The molecule has 4 saturated heterocycles. The maximum atomic E-state index is 13.2. The SMILES string of the molecule is Cc1noc2ccc(NC(=O)c3ccc(N4CCCCS4(=O)=O)cc3)cc12.O=S(=O)(Nc1ccc(Cl)c(-c2ccc3cnccc3n2)c1)c1ccc(N2CCCCS2(=O)=O)cc1Cl.O=S(=O)(Nc1ccc(Cl)c(-c2ncc3ccccc3n2)c1)c1ccc(N2CCCCS2(=O)=O)cc1.O=S(=O)(Nc1ccc(Cl)c(-c2nccc3ccccc23)c1)c1ccc(N2CCCCS2(=O)=O)cc1Cl. The summed E-state index contributed by atoms with van der Waals surface area (Å²) in [5.41, 5.74) is 9.37. The molecule has 0 spiro atoms. The Labute approximate surface area is 799 Å². The molecule has 0 aliphatic carbocycles. The number of carbonyl (C=O) groups is 1. The van der Waals surface area contributed by atoms with E-state index in [0.717, 1.165) is 69.3 Å². The molecular formula is C92H81Cl5N14O16S7. The Morgan fingerprint density at radius 2 is 0.851 bits per heavy atom. The van der Waals surface area contributed by atoms with Crippen LogP contribution in [0, 0.1) is 6.92 Å². The van der Waals surface area contributed by atoms with Gasteiger partial charge < -0.3 is 9.84 Å². The molecule has 0 radical (unpaired) electrons. The number of amides is 1. The average Bonchev–Trinajstić information content (AvgIpc) is 1.66. The van der Waals surface area contributed by atoms with E-state index >= 15 is 0 Å². The van der Waals surface area contributed by atoms with Crippen molar-refractivity contribution < 1.29 is 68.2 Å². The Hall–Kier alpha value is -11.9. The maximum absolute atomic E-state index is 13.2. The molecule has 4 fully saturated rings. The lowest BCUT2D eigenvalue weighted by Gasteiger charge is -2.28. The van der Waals surface area contributed by atoms with Gasteiger partial charge in [-0.3, -0.25) is 46.1 Å². The van der Waals surface area contributed by atoms with Crippen molar-refractivity contribution in [1.29, 1.82) is 0 Å². The molecule has 4 N–H and O–H groups in total. The predicted molar refractivity (Wildman–Crippen MR) is 529 cm³/mol. The third kappa shape index (κ3) is 21.6. The van der Waals surface area contributed by atoms with E-state index in [1.54, 1.807) is 122 Å². The zero-order chi connectivity index (χ0) is 94.7. The Balaban J connectivity index is 0.000000131. The Morgan fingerprint density at radius 1 is 0.388 bits per heavy atom. The summed E-state index contributed by atoms with van der Waals surface area (Å²) in [4.78, 5) is 34.3. The molecule has 0 atom stereocenters. The number of halogens is 5. The smallest absolute Gasteiger partial charge is 0.263 e. The van der Waals surface area contributed by atoms with E-state index in [1.807, 2.05) is 73.7 Å². The van der Waals surface area contributed by atoms with E-state index in [2.05, 4.69) is 49.6 Å². The number of aromatic nitrogens is 6. The van der Waals surface area contributed by atoms with E-state index in [9.17, 15) is 63.7 Å². The molecule has 9 heterocycles. The van der Waals surface area contributed by atoms with Gasteiger partial charge in [0.15, 0.2) is 11.4 Å². The molecule has 134 heavy (non-hydrogen) atoms. The highest BCUT2D eigenvalue weighted by atomic mass is 35.5. The van der Waals surface area contributed by atoms with Crippen LogP contribution in [0.2, 0.25) is 25.1 Å². The summed E-state index contributed by atoms with van der Waals surface area (Å²) in [7, 11) is -25.7. The van der Waals surface area contributed by atoms with E-state index in [4.69, 9.17) is 62.5 Å². The minimum Gasteiger partial charge on any atom is -0.356 e. The lowest BCUT2D eigenvalue weighted by Crippen LogP contribution is -2.37. The third-order valence-corrected chi connectivity index (χ3v) is 35.8. The molecule has 19 rings (SSSR count). The van der Waals surface area contributed by atoms with Crippen molar-refractivity contribution in [2.24, 2.45) is 0 Å². The van der Waals surface area contributed by atoms with Crippen molar-refractivity contribution in [3.05, 3.63) is 292 Å². The topological polar surface area (TPSA) is 408 Å². The van der Waals surface area contributed by atoms with Crippen molar-refractivity contribution in [3.8, 4) is 33.9 Å². The molecule has 1 amide bonds. The molecule has 4 aliphatic heterocycles. The summed E-state index contributed by atoms with van der Waals surface area (Å²) in [6, 6.07) is 62.8. The van der Waals surface area contributed by atoms with Crippen LogP contribution in [-0.4, -0.2) is 144 Å². The number of anilines is 8. The van der Waals surface area contributed by atoms with E-state index in [0.29, 0.717) is 146 Å². The van der Waals surface area contributed by atoms with Crippen LogP contribution >= 0.6 is 58.0 Å². The number of nitrogens with one attached hydrogen (secondary N) is 4. The lowest BCUT2D eigenvalue weighted by molar-refractivity contribution is 0.102. The number of carbonyl (C=O) groups excluding carboxylic acids is 1. The summed E-state index contributed by atoms with van der Waals surface area (Å²) < 4.78 is 195. The van der Waals surface area contributed by atoms with Crippen LogP contribution in [0.25, 0.3) is 77.5 Å². The molecule has 5 aromatic heterocycles. The first-order valence-corrected chi connectivity index (χ1v) is 54.5. The molecule has 0 bridgehead atoms. The van der Waals surface area contributed by atoms with Gasteiger partial charge in [0.05, 0.1) is 104 Å². The molecular weight excluding hydrogens is 1960 g/mol. The number of rotatable bonds is 18. The normalized spacial score (nSPS) is 15.8. The molecule has 30 nitrogen and oxygen atoms in total. The fourth-order valence-electron chi connectivity index (χ4n) is 15.5. The largest absolute Gasteiger partial charge is 0.356 e. The number of nitrogens with zero attached hydrogens (tertiary/aromatic N) is 10. The Kier molecular flexibility index (Phi) is 28.2. The third-order valence-electron chi connectivity index (χ3n) is 22.2. The minimum absolute atomic E-state index is 0.00844. The highest BCUT2D eigenvalue weighted by Crippen LogP contribution is 2.41. The maximum Gasteiger partial charge on any atom is 0.263 e. The van der Waals surface area contributed by atoms with Gasteiger partial charge >= 0.3 is 0 Å². The number of benzene rings is 10. The molecule has 4 aliphatic rings. The number of para-hydroxylation sites is 1. The van der Waals surface area contributed by atoms with Gasteiger partial charge in [-0.25, -0.2) is 73.9 Å². The highest BCUT2D eigenvalue weighted by Gasteiger charge is 2.33. The zero-order valence-corrected chi connectivity index (χ0v) is 80.3. The number of fused-ring (bicyclic) bond motifs is 4. The van der Waals surface area contributed by atoms with Gasteiger partial charge in [-0.2, -0.15) is 0 Å². The Morgan fingerprint density at radius 3 is 1.40 bits per heavy atom. The molecule has 15 aromatic rings. The number of hydrogen-bond donors (Lipinski definition) is 4. The van der Waals surface area contributed by atoms with Crippen LogP contribution in [-0.2, 0) is 70.2 Å². The van der Waals surface area contributed by atoms with Crippen LogP contribution in [0.15, 0.2) is 275 Å². The summed E-state index contributed by atoms with van der Waals surface area (Å²) in [6.07, 6.45) is 12.3. The van der Waals surface area contributed by atoms with Crippen LogP contribution < -0.4 is 36.7 Å². The van der Waals surface area contributed by atoms with Crippen LogP contribution in [0.1, 0.15) is 67.4 Å². The van der Waals surface area contributed by atoms with Gasteiger partial charge in [0, 0.05) is 118 Å². The van der Waals surface area contributed by atoms with Gasteiger partial charge in [0.1, 0.15) is 9.79 Å². The lowest BCUT2D eigenvalue weighted by atomic mass is 10.0. The van der Waals surface area contributed by atoms with Gasteiger partial charge in [0.25, 0.3) is 36.0 Å². The molecule has 10 aromatic carbocycles. The molecule has 0 saturated carbocycles. The standard InChI is InChI=1S/C25H21Cl2N3O4S2.C24H20Cl2N4O4S2.C24H21ClN4O4S2.C19H19N3O4S/c26-22-9-7-18(15-21(22)25-20-6-2-1-5-17(20)11-12-28-25)29-36(33,34)24-10-8-19(16-23(24)27)30-13-3-4-14-35(30,31)32;25-20-6-4-17(13-19(20)23-7-3-16-15-27-10-9-22(16)28-23)29-36(33,34)24-8-5-18(14-21(24)26)30-11-1-2-12-35(30,31)32;25-22-12-7-18(15-21(22)24-26-16-17-5-1-2-6-23(17)27-24)28-35(32,33)20-10-8-19(9-11-20)29-13-3-4-14-34(29,30)31;1-13-17-12-15(6-9-18(17)26-21-13)20-19(23)14-4-7-16(8-5-14)22-10-2-3-11-27(22,24)25/h1-2,5-12,15-16,29H,3-4,13-14H2;3-10,13-15,29H,1-2,11-12H2;1-2,5-12,15-16,28H,3-4,13-14H2;4-9,12H,2-3,10-11H2,1H3,(H,20,23). The Bertz CT molecular complexity index is 7960. The fourth-order valence-corrected chi connectivity index (χ4v) is 26.8. The quantitative estimate of drug-likeness (QED) is 0.0620. The van der Waals surface area contributed by atoms with Crippen LogP contribution in [0.4, 0.5) is 45.5 Å². The van der Waals surface area contributed by atoms with E-state index < -0.39 is 70.2 Å². The number of pyridine rings is 3. The van der Waals surface area contributed by atoms with Crippen molar-refractivity contribution in [2.75, 3.05) is 85.9 Å². The van der Waals surface area contributed by atoms with Crippen molar-refractivity contribution in [3.63, 3.8) is 0 Å². The van der Waals surface area contributed by atoms with Gasteiger partial charge in [-0.15, -0.1) is 0 Å². The van der Waals surface area contributed by atoms with Crippen molar-refractivity contribution >= 4 is 223 Å². The second kappa shape index (κ2) is 39.6. The average molecular weight is 2040 g/mol. The van der Waals surface area contributed by atoms with Crippen molar-refractivity contribution in [1.82, 2.24) is 30.1 Å². The van der Waals surface area contributed by atoms with Gasteiger partial charge in [-0.1, -0.05) is 106 Å². The molecule has 0 unspecified atom stereocenters. The van der Waals surface area contributed by atoms with Gasteiger partial charge in [0.2, 0.25) is 40.1 Å². The zero-order valence-electron chi connectivity index (χ0n) is 70.8. The monoisotopic (exact) mass is 2040 g/mol. The molecule has 42 heteroatoms. The summed E-state index contributed by atoms with van der Waals surface area (Å²) in [6.45, 7) is 3.36. The van der Waals surface area contributed by atoms with Crippen molar-refractivity contribution in [2.45, 2.75) is 73.0 Å². The number of hydrogen-bond acceptors (Lipinski definition) is 22. The summed E-state index contributed by atoms with van der Waals surface area (Å²) in [5, 5.41) is 12.2. The molecule has 692 valence electrons.